The van der Waals surface area contributed by atoms with Crippen LogP contribution in [0.3, 0.4) is 0 Å². The minimum Gasteiger partial charge on any atom is -0.497 e. The Balaban J connectivity index is 3.01. The molecule has 1 rings (SSSR count). The lowest BCUT2D eigenvalue weighted by Crippen LogP contribution is -2.45. The first-order valence-corrected chi connectivity index (χ1v) is 6.34. The number of rotatable bonds is 5. The van der Waals surface area contributed by atoms with E-state index in [-0.39, 0.29) is 11.4 Å². The molecule has 0 unspecified atom stereocenters. The van der Waals surface area contributed by atoms with Crippen molar-refractivity contribution in [1.29, 1.82) is 0 Å². The molecule has 0 aliphatic carbocycles. The van der Waals surface area contributed by atoms with Crippen molar-refractivity contribution in [2.24, 2.45) is 11.1 Å². The highest BCUT2D eigenvalue weighted by Gasteiger charge is 2.28. The molecule has 0 fully saturated rings. The number of anilines is 1. The van der Waals surface area contributed by atoms with E-state index in [2.05, 4.69) is 10.1 Å². The summed E-state index contributed by atoms with van der Waals surface area (Å²) in [4.78, 5) is 12.1. The van der Waals surface area contributed by atoms with Crippen LogP contribution in [0.2, 0.25) is 0 Å². The number of carbonyl (C=O) groups is 1. The van der Waals surface area contributed by atoms with Crippen LogP contribution in [0, 0.1) is 5.41 Å². The van der Waals surface area contributed by atoms with E-state index < -0.39 is 24.0 Å². The SMILES string of the molecule is COc1ccc(OC(F)F)c(NC(=O)[C@@H](N)C(C)(C)C)c1. The number of alkyl halides is 2. The largest absolute Gasteiger partial charge is 0.497 e. The molecular formula is C14H20F2N2O3. The Bertz CT molecular complexity index is 501. The molecule has 0 spiro atoms. The highest BCUT2D eigenvalue weighted by Crippen LogP contribution is 2.31. The van der Waals surface area contributed by atoms with Crippen LogP contribution in [0.5, 0.6) is 11.5 Å². The predicted octanol–water partition coefficient (Wildman–Crippen LogP) is 2.61. The van der Waals surface area contributed by atoms with Gasteiger partial charge in [0.25, 0.3) is 0 Å². The van der Waals surface area contributed by atoms with Crippen molar-refractivity contribution >= 4 is 11.6 Å². The molecule has 0 radical (unpaired) electrons. The van der Waals surface area contributed by atoms with Gasteiger partial charge in [-0.3, -0.25) is 4.79 Å². The number of hydrogen-bond donors (Lipinski definition) is 2. The van der Waals surface area contributed by atoms with Crippen LogP contribution in [0.15, 0.2) is 18.2 Å². The second kappa shape index (κ2) is 6.71. The highest BCUT2D eigenvalue weighted by molar-refractivity contribution is 5.96. The maximum absolute atomic E-state index is 12.4. The van der Waals surface area contributed by atoms with E-state index in [1.807, 2.05) is 0 Å². The van der Waals surface area contributed by atoms with Gasteiger partial charge in [0.05, 0.1) is 18.8 Å². The van der Waals surface area contributed by atoms with Crippen LogP contribution < -0.4 is 20.5 Å². The molecule has 0 aliphatic rings. The summed E-state index contributed by atoms with van der Waals surface area (Å²) in [5.41, 5.74) is 5.45. The van der Waals surface area contributed by atoms with Gasteiger partial charge in [-0.05, 0) is 17.5 Å². The first-order chi connectivity index (χ1) is 9.65. The highest BCUT2D eigenvalue weighted by atomic mass is 19.3. The number of nitrogens with one attached hydrogen (secondary N) is 1. The summed E-state index contributed by atoms with van der Waals surface area (Å²) in [5.74, 6) is -0.244. The fraction of sp³-hybridized carbons (Fsp3) is 0.500. The summed E-state index contributed by atoms with van der Waals surface area (Å²) >= 11 is 0. The Kier molecular flexibility index (Phi) is 5.48. The second-order valence-corrected chi connectivity index (χ2v) is 5.57. The Labute approximate surface area is 122 Å². The van der Waals surface area contributed by atoms with Gasteiger partial charge in [0, 0.05) is 6.07 Å². The van der Waals surface area contributed by atoms with E-state index in [9.17, 15) is 13.6 Å². The molecule has 1 amide bonds. The van der Waals surface area contributed by atoms with Gasteiger partial charge >= 0.3 is 6.61 Å². The summed E-state index contributed by atoms with van der Waals surface area (Å²) in [6.07, 6.45) is 0. The van der Waals surface area contributed by atoms with Crippen molar-refractivity contribution in [1.82, 2.24) is 0 Å². The topological polar surface area (TPSA) is 73.6 Å². The van der Waals surface area contributed by atoms with Crippen molar-refractivity contribution in [3.05, 3.63) is 18.2 Å². The smallest absolute Gasteiger partial charge is 0.387 e. The normalized spacial score (nSPS) is 13.0. The van der Waals surface area contributed by atoms with Gasteiger partial charge in [0.15, 0.2) is 0 Å². The predicted molar refractivity (Wildman–Crippen MR) is 75.7 cm³/mol. The number of amides is 1. The maximum Gasteiger partial charge on any atom is 0.387 e. The van der Waals surface area contributed by atoms with Crippen molar-refractivity contribution in [2.75, 3.05) is 12.4 Å². The molecule has 0 saturated heterocycles. The molecule has 118 valence electrons. The van der Waals surface area contributed by atoms with Gasteiger partial charge in [0.1, 0.15) is 11.5 Å². The maximum atomic E-state index is 12.4. The van der Waals surface area contributed by atoms with Gasteiger partial charge in [0.2, 0.25) is 5.91 Å². The van der Waals surface area contributed by atoms with E-state index in [0.29, 0.717) is 5.75 Å². The average molecular weight is 302 g/mol. The van der Waals surface area contributed by atoms with Crippen molar-refractivity contribution in [3.8, 4) is 11.5 Å². The molecule has 1 aromatic rings. The van der Waals surface area contributed by atoms with E-state index in [4.69, 9.17) is 10.5 Å². The fourth-order valence-corrected chi connectivity index (χ4v) is 1.54. The minimum atomic E-state index is -3.00. The molecule has 21 heavy (non-hydrogen) atoms. The summed E-state index contributed by atoms with van der Waals surface area (Å²) in [5, 5.41) is 2.49. The third kappa shape index (κ3) is 4.86. The first-order valence-electron chi connectivity index (χ1n) is 6.34. The number of carbonyl (C=O) groups excluding carboxylic acids is 1. The van der Waals surface area contributed by atoms with Crippen molar-refractivity contribution < 1.29 is 23.0 Å². The fourth-order valence-electron chi connectivity index (χ4n) is 1.54. The molecule has 0 bridgehead atoms. The van der Waals surface area contributed by atoms with Crippen molar-refractivity contribution in [3.63, 3.8) is 0 Å². The average Bonchev–Trinajstić information content (AvgIpc) is 2.38. The Morgan fingerprint density at radius 3 is 2.43 bits per heavy atom. The van der Waals surface area contributed by atoms with Crippen LogP contribution in [0.4, 0.5) is 14.5 Å². The Hall–Kier alpha value is -1.89. The molecule has 0 heterocycles. The molecule has 7 heteroatoms. The molecule has 0 saturated carbocycles. The molecule has 0 aliphatic heterocycles. The zero-order chi connectivity index (χ0) is 16.2. The molecule has 5 nitrogen and oxygen atoms in total. The first kappa shape index (κ1) is 17.2. The van der Waals surface area contributed by atoms with Gasteiger partial charge in [-0.1, -0.05) is 20.8 Å². The molecule has 3 N–H and O–H groups in total. The number of hydrogen-bond acceptors (Lipinski definition) is 4. The zero-order valence-corrected chi connectivity index (χ0v) is 12.4. The number of nitrogens with two attached hydrogens (primary N) is 1. The lowest BCUT2D eigenvalue weighted by molar-refractivity contribution is -0.119. The van der Waals surface area contributed by atoms with Gasteiger partial charge in [-0.25, -0.2) is 0 Å². The molecule has 1 atom stereocenters. The summed E-state index contributed by atoms with van der Waals surface area (Å²) in [7, 11) is 1.43. The molecule has 1 aromatic carbocycles. The van der Waals surface area contributed by atoms with Gasteiger partial charge < -0.3 is 20.5 Å². The van der Waals surface area contributed by atoms with E-state index in [0.717, 1.165) is 0 Å². The zero-order valence-electron chi connectivity index (χ0n) is 12.4. The number of benzene rings is 1. The van der Waals surface area contributed by atoms with Crippen LogP contribution in [0.25, 0.3) is 0 Å². The Morgan fingerprint density at radius 1 is 1.33 bits per heavy atom. The van der Waals surface area contributed by atoms with E-state index >= 15 is 0 Å². The van der Waals surface area contributed by atoms with E-state index in [1.165, 1.54) is 25.3 Å². The minimum absolute atomic E-state index is 0.0827. The van der Waals surface area contributed by atoms with Crippen LogP contribution in [-0.2, 0) is 4.79 Å². The van der Waals surface area contributed by atoms with Gasteiger partial charge in [-0.15, -0.1) is 0 Å². The second-order valence-electron chi connectivity index (χ2n) is 5.57. The molecule has 0 aromatic heterocycles. The Morgan fingerprint density at radius 2 is 1.95 bits per heavy atom. The van der Waals surface area contributed by atoms with Gasteiger partial charge in [-0.2, -0.15) is 8.78 Å². The summed E-state index contributed by atoms with van der Waals surface area (Å²) in [6.45, 7) is 2.42. The lowest BCUT2D eigenvalue weighted by Gasteiger charge is -2.26. The monoisotopic (exact) mass is 302 g/mol. The standard InChI is InChI=1S/C14H20F2N2O3/c1-14(2,3)11(17)12(19)18-9-7-8(20-4)5-6-10(9)21-13(15)16/h5-7,11,13H,17H2,1-4H3,(H,18,19)/t11-/m1/s1. The lowest BCUT2D eigenvalue weighted by atomic mass is 9.87. The number of ether oxygens (including phenoxy) is 2. The van der Waals surface area contributed by atoms with Crippen molar-refractivity contribution in [2.45, 2.75) is 33.4 Å². The third-order valence-corrected chi connectivity index (χ3v) is 2.88. The quantitative estimate of drug-likeness (QED) is 0.877. The summed E-state index contributed by atoms with van der Waals surface area (Å²) < 4.78 is 34.1. The number of halogens is 2. The summed E-state index contributed by atoms with van der Waals surface area (Å²) in [6, 6.07) is 3.34. The van der Waals surface area contributed by atoms with Crippen LogP contribution in [-0.4, -0.2) is 25.7 Å². The molecular weight excluding hydrogens is 282 g/mol. The van der Waals surface area contributed by atoms with E-state index in [1.54, 1.807) is 20.8 Å². The van der Waals surface area contributed by atoms with Crippen LogP contribution >= 0.6 is 0 Å². The van der Waals surface area contributed by atoms with Crippen LogP contribution in [0.1, 0.15) is 20.8 Å². The third-order valence-electron chi connectivity index (χ3n) is 2.88. The number of methoxy groups -OCH3 is 1.